The topological polar surface area (TPSA) is 0 Å². The molecular weight excluding hydrogens is 779 g/mol. The van der Waals surface area contributed by atoms with Gasteiger partial charge in [-0.05, 0) is 0 Å². The van der Waals surface area contributed by atoms with Gasteiger partial charge in [0, 0.05) is 0 Å². The molecule has 6 rings (SSSR count). The van der Waals surface area contributed by atoms with Crippen LogP contribution in [0.1, 0.15) is 49.4 Å². The van der Waals surface area contributed by atoms with Crippen LogP contribution < -0.4 is 10.4 Å². The van der Waals surface area contributed by atoms with E-state index < -0.39 is 38.8 Å². The van der Waals surface area contributed by atoms with Crippen molar-refractivity contribution in [2.24, 2.45) is 0 Å². The second kappa shape index (κ2) is 12.6. The number of benzene rings is 4. The van der Waals surface area contributed by atoms with Crippen molar-refractivity contribution in [2.45, 2.75) is 88.3 Å². The van der Waals surface area contributed by atoms with Crippen LogP contribution >= 0.6 is 0 Å². The summed E-state index contributed by atoms with van der Waals surface area (Å²) in [6.07, 6.45) is 13.1. The van der Waals surface area contributed by atoms with Gasteiger partial charge in [0.05, 0.1) is 0 Å². The zero-order chi connectivity index (χ0) is 33.8. The third-order valence-electron chi connectivity index (χ3n) is 12.2. The summed E-state index contributed by atoms with van der Waals surface area (Å²) in [5, 5.41) is 3.07. The second-order valence-electron chi connectivity index (χ2n) is 17.4. The van der Waals surface area contributed by atoms with E-state index in [2.05, 4.69) is 171 Å². The molecule has 4 aromatic rings. The maximum absolute atomic E-state index is 3.82. The van der Waals surface area contributed by atoms with E-state index >= 15 is 0 Å². The summed E-state index contributed by atoms with van der Waals surface area (Å²) < 4.78 is 6.92. The van der Waals surface area contributed by atoms with Crippen LogP contribution in [0.25, 0.3) is 34.4 Å². The number of rotatable bonds is 9. The first kappa shape index (κ1) is 34.7. The van der Waals surface area contributed by atoms with Crippen molar-refractivity contribution in [3.05, 3.63) is 119 Å². The fraction of sp³-hybridized carbons (Fsp3) is 0.349. The fourth-order valence-electron chi connectivity index (χ4n) is 8.59. The van der Waals surface area contributed by atoms with E-state index in [1.54, 1.807) is 11.1 Å². The molecule has 0 aliphatic heterocycles. The van der Waals surface area contributed by atoms with Crippen molar-refractivity contribution in [2.75, 3.05) is 0 Å². The summed E-state index contributed by atoms with van der Waals surface area (Å²) in [6.45, 7) is 19.8. The van der Waals surface area contributed by atoms with Crippen molar-refractivity contribution in [1.82, 2.24) is 0 Å². The SMILES string of the molecule is CCCC[Si](C)=[Hf]([CH3])([CH3])([CH]1C=Cc2c(-c3ccc([Si](C)(C)C)cc3)cccc21)[CH]1C=Cc2c(-c3ccc([Si](C)(C)C)cc3)cccc21. The van der Waals surface area contributed by atoms with Gasteiger partial charge in [0.25, 0.3) is 0 Å². The molecule has 0 radical (unpaired) electrons. The quantitative estimate of drug-likeness (QED) is 0.147. The maximum atomic E-state index is 2.89. The Hall–Kier alpha value is -2.12. The van der Waals surface area contributed by atoms with Crippen molar-refractivity contribution < 1.29 is 17.1 Å². The van der Waals surface area contributed by atoms with E-state index in [0.717, 1.165) is 0 Å². The molecule has 4 heteroatoms. The minimum absolute atomic E-state index is 0.569. The van der Waals surface area contributed by atoms with Gasteiger partial charge in [-0.15, -0.1) is 0 Å². The van der Waals surface area contributed by atoms with Crippen LogP contribution in [0.5, 0.6) is 0 Å². The molecule has 2 unspecified atom stereocenters. The van der Waals surface area contributed by atoms with Gasteiger partial charge in [0.1, 0.15) is 0 Å². The Bertz CT molecular complexity index is 1810. The van der Waals surface area contributed by atoms with E-state index in [4.69, 9.17) is 0 Å². The molecule has 0 amide bonds. The molecule has 2 aliphatic carbocycles. The molecule has 0 spiro atoms. The Morgan fingerprint density at radius 2 is 1.00 bits per heavy atom. The Morgan fingerprint density at radius 1 is 0.596 bits per heavy atom. The van der Waals surface area contributed by atoms with E-state index in [1.165, 1.54) is 62.6 Å². The standard InChI is InChI=1S/2C18H19Si.C5H12Si.2CH3.Hf/c2*1-19(2,3)16-12-10-15(11-13-16)18-9-5-7-14-6-4-8-17(14)18;1-3-4-5-6-2;;;/h2*4-13H,1-3H3;3-5H2,1-2H3;2*1H3;. The third-order valence-corrected chi connectivity index (χ3v) is 74.3. The van der Waals surface area contributed by atoms with Gasteiger partial charge in [0.2, 0.25) is 0 Å². The Balaban J connectivity index is 1.47. The normalized spacial score (nSPS) is 17.6. The van der Waals surface area contributed by atoms with Crippen LogP contribution in [0.3, 0.4) is 0 Å². The van der Waals surface area contributed by atoms with Crippen LogP contribution in [0.15, 0.2) is 97.1 Å². The molecule has 0 heterocycles. The predicted octanol–water partition coefficient (Wildman–Crippen LogP) is 12.2. The zero-order valence-electron chi connectivity index (χ0n) is 30.7. The fourth-order valence-corrected chi connectivity index (χ4v) is 54.6. The van der Waals surface area contributed by atoms with E-state index in [-0.39, 0.29) is 0 Å². The van der Waals surface area contributed by atoms with Crippen LogP contribution in [-0.2, 0) is 17.1 Å². The minimum atomic E-state index is -3.82. The average Bonchev–Trinajstić information content (AvgIpc) is 3.69. The van der Waals surface area contributed by atoms with Crippen LogP contribution in [0.4, 0.5) is 0 Å². The molecular formula is C43H56HfSi3. The Morgan fingerprint density at radius 3 is 1.36 bits per heavy atom. The third kappa shape index (κ3) is 6.15. The summed E-state index contributed by atoms with van der Waals surface area (Å²) in [5.41, 5.74) is 11.1. The van der Waals surface area contributed by atoms with E-state index in [1.807, 2.05) is 0 Å². The Labute approximate surface area is 289 Å². The molecule has 0 bridgehead atoms. The van der Waals surface area contributed by atoms with Gasteiger partial charge in [-0.3, -0.25) is 0 Å². The first-order chi connectivity index (χ1) is 22.1. The first-order valence-electron chi connectivity index (χ1n) is 18.0. The number of hydrogen-bond donors (Lipinski definition) is 0. The molecule has 244 valence electrons. The van der Waals surface area contributed by atoms with Crippen molar-refractivity contribution in [1.29, 1.82) is 0 Å². The van der Waals surface area contributed by atoms with Crippen molar-refractivity contribution in [3.63, 3.8) is 0 Å². The number of hydrogen-bond acceptors (Lipinski definition) is 0. The zero-order valence-corrected chi connectivity index (χ0v) is 37.3. The summed E-state index contributed by atoms with van der Waals surface area (Å²) in [7, 11) is -2.67. The molecule has 2 atom stereocenters. The van der Waals surface area contributed by atoms with Crippen LogP contribution in [0.2, 0.25) is 61.2 Å². The van der Waals surface area contributed by atoms with Crippen molar-refractivity contribution >= 4 is 44.2 Å². The molecule has 2 aliphatic rings. The van der Waals surface area contributed by atoms with Crippen LogP contribution in [0, 0.1) is 0 Å². The van der Waals surface area contributed by atoms with Gasteiger partial charge < -0.3 is 0 Å². The van der Waals surface area contributed by atoms with E-state index in [9.17, 15) is 0 Å². The number of unbranched alkanes of at least 4 members (excludes halogenated alkanes) is 1. The molecule has 4 aromatic carbocycles. The number of fused-ring (bicyclic) bond motifs is 2. The van der Waals surface area contributed by atoms with Crippen LogP contribution in [-0.4, -0.2) is 21.6 Å². The summed E-state index contributed by atoms with van der Waals surface area (Å²) in [5.74, 6) is 0. The Kier molecular flexibility index (Phi) is 9.34. The van der Waals surface area contributed by atoms with Gasteiger partial charge in [-0.1, -0.05) is 0 Å². The van der Waals surface area contributed by atoms with E-state index in [0.29, 0.717) is 7.35 Å². The molecule has 0 saturated heterocycles. The van der Waals surface area contributed by atoms with Gasteiger partial charge in [0.15, 0.2) is 0 Å². The summed E-state index contributed by atoms with van der Waals surface area (Å²) >= 11 is -3.82. The number of allylic oxidation sites excluding steroid dienone is 2. The van der Waals surface area contributed by atoms with Crippen molar-refractivity contribution in [3.8, 4) is 22.3 Å². The summed E-state index contributed by atoms with van der Waals surface area (Å²) in [6, 6.07) is 35.0. The van der Waals surface area contributed by atoms with Gasteiger partial charge >= 0.3 is 291 Å². The molecule has 0 fully saturated rings. The monoisotopic (exact) mass is 836 g/mol. The molecule has 47 heavy (non-hydrogen) atoms. The summed E-state index contributed by atoms with van der Waals surface area (Å²) in [4.78, 5) is 0. The first-order valence-corrected chi connectivity index (χ1v) is 43.9. The molecule has 0 saturated carbocycles. The molecule has 0 nitrogen and oxygen atoms in total. The molecule has 0 aromatic heterocycles. The predicted molar refractivity (Wildman–Crippen MR) is 216 cm³/mol. The van der Waals surface area contributed by atoms with Gasteiger partial charge in [-0.2, -0.15) is 0 Å². The second-order valence-corrected chi connectivity index (χ2v) is 75.0. The average molecular weight is 836 g/mol. The molecule has 0 N–H and O–H groups in total. The van der Waals surface area contributed by atoms with Gasteiger partial charge in [-0.25, -0.2) is 0 Å².